The number of anilines is 2. The van der Waals surface area contributed by atoms with E-state index < -0.39 is 10.0 Å². The minimum absolute atomic E-state index is 0.105. The van der Waals surface area contributed by atoms with E-state index in [9.17, 15) is 13.2 Å². The van der Waals surface area contributed by atoms with E-state index in [1.165, 1.54) is 24.3 Å². The number of benzene rings is 3. The van der Waals surface area contributed by atoms with E-state index in [2.05, 4.69) is 10.0 Å². The van der Waals surface area contributed by atoms with Crippen molar-refractivity contribution in [1.29, 1.82) is 0 Å². The number of carbonyl (C=O) groups excluding carboxylic acids is 1. The van der Waals surface area contributed by atoms with E-state index in [4.69, 9.17) is 4.74 Å². The van der Waals surface area contributed by atoms with Crippen molar-refractivity contribution in [2.45, 2.75) is 18.7 Å². The molecule has 6 nitrogen and oxygen atoms in total. The lowest BCUT2D eigenvalue weighted by atomic mass is 10.1. The maximum atomic E-state index is 12.4. The Morgan fingerprint density at radius 1 is 0.862 bits per heavy atom. The lowest BCUT2D eigenvalue weighted by Crippen LogP contribution is -2.20. The van der Waals surface area contributed by atoms with Gasteiger partial charge >= 0.3 is 0 Å². The lowest BCUT2D eigenvalue weighted by Gasteiger charge is -2.10. The van der Waals surface area contributed by atoms with Gasteiger partial charge in [-0.3, -0.25) is 9.52 Å². The highest BCUT2D eigenvalue weighted by Gasteiger charge is 2.14. The van der Waals surface area contributed by atoms with E-state index in [0.29, 0.717) is 17.1 Å². The van der Waals surface area contributed by atoms with E-state index in [1.54, 1.807) is 30.3 Å². The van der Waals surface area contributed by atoms with Crippen LogP contribution in [0.3, 0.4) is 0 Å². The highest BCUT2D eigenvalue weighted by atomic mass is 32.2. The molecule has 150 valence electrons. The molecule has 0 unspecified atom stereocenters. The molecule has 0 spiro atoms. The van der Waals surface area contributed by atoms with Crippen LogP contribution in [0.25, 0.3) is 0 Å². The molecule has 0 aliphatic heterocycles. The zero-order chi connectivity index (χ0) is 20.9. The summed E-state index contributed by atoms with van der Waals surface area (Å²) < 4.78 is 32.8. The molecule has 3 aromatic carbocycles. The zero-order valence-electron chi connectivity index (χ0n) is 16.2. The van der Waals surface area contributed by atoms with Gasteiger partial charge in [0.25, 0.3) is 15.9 Å². The minimum atomic E-state index is -3.70. The van der Waals surface area contributed by atoms with Gasteiger partial charge in [0.2, 0.25) is 0 Å². The summed E-state index contributed by atoms with van der Waals surface area (Å²) in [5.41, 5.74) is 3.31. The topological polar surface area (TPSA) is 84.5 Å². The number of carbonyl (C=O) groups is 1. The molecule has 0 aliphatic carbocycles. The second kappa shape index (κ2) is 8.79. The Hall–Kier alpha value is -3.32. The van der Waals surface area contributed by atoms with Crippen LogP contribution in [-0.4, -0.2) is 20.9 Å². The average molecular weight is 410 g/mol. The molecule has 0 heterocycles. The molecule has 1 amide bonds. The monoisotopic (exact) mass is 410 g/mol. The molecule has 3 aromatic rings. The molecule has 0 radical (unpaired) electrons. The molecule has 0 bridgehead atoms. The fraction of sp³-hybridized carbons (Fsp3) is 0.136. The first kappa shape index (κ1) is 20.4. The molecule has 0 fully saturated rings. The number of nitrogens with one attached hydrogen (secondary N) is 2. The first-order valence-electron chi connectivity index (χ1n) is 9.01. The van der Waals surface area contributed by atoms with Crippen LogP contribution in [0.15, 0.2) is 77.7 Å². The number of hydrogen-bond donors (Lipinski definition) is 2. The maximum Gasteiger partial charge on any atom is 0.262 e. The SMILES string of the molecule is Cc1cc(C)cc(NC(=O)COc2ccc(S(=O)(=O)Nc3ccccc3)cc2)c1. The number of aryl methyl sites for hydroxylation is 2. The minimum Gasteiger partial charge on any atom is -0.484 e. The Balaban J connectivity index is 1.58. The Kier molecular flexibility index (Phi) is 6.19. The van der Waals surface area contributed by atoms with Crippen molar-refractivity contribution >= 4 is 27.3 Å². The number of amides is 1. The standard InChI is InChI=1S/C22H22N2O4S/c1-16-12-17(2)14-19(13-16)23-22(25)15-28-20-8-10-21(11-9-20)29(26,27)24-18-6-4-3-5-7-18/h3-14,24H,15H2,1-2H3,(H,23,25). The van der Waals surface area contributed by atoms with Crippen molar-refractivity contribution in [3.8, 4) is 5.75 Å². The van der Waals surface area contributed by atoms with Gasteiger partial charge in [-0.2, -0.15) is 0 Å². The van der Waals surface area contributed by atoms with Crippen LogP contribution in [0.1, 0.15) is 11.1 Å². The van der Waals surface area contributed by atoms with E-state index in [0.717, 1.165) is 11.1 Å². The molecule has 0 aliphatic rings. The Morgan fingerprint density at radius 2 is 1.48 bits per heavy atom. The predicted octanol–water partition coefficient (Wildman–Crippen LogP) is 4.12. The van der Waals surface area contributed by atoms with Gasteiger partial charge in [-0.1, -0.05) is 24.3 Å². The van der Waals surface area contributed by atoms with Gasteiger partial charge in [-0.25, -0.2) is 8.42 Å². The van der Waals surface area contributed by atoms with E-state index >= 15 is 0 Å². The third-order valence-corrected chi connectivity index (χ3v) is 5.43. The number of ether oxygens (including phenoxy) is 1. The maximum absolute atomic E-state index is 12.4. The van der Waals surface area contributed by atoms with Gasteiger partial charge in [-0.15, -0.1) is 0 Å². The fourth-order valence-electron chi connectivity index (χ4n) is 2.83. The summed E-state index contributed by atoms with van der Waals surface area (Å²) >= 11 is 0. The average Bonchev–Trinajstić information content (AvgIpc) is 2.66. The molecule has 0 saturated heterocycles. The molecule has 2 N–H and O–H groups in total. The van der Waals surface area contributed by atoms with E-state index in [1.807, 2.05) is 32.0 Å². The number of hydrogen-bond acceptors (Lipinski definition) is 4. The summed E-state index contributed by atoms with van der Waals surface area (Å²) in [7, 11) is -3.70. The Bertz CT molecular complexity index is 1080. The molecular formula is C22H22N2O4S. The fourth-order valence-corrected chi connectivity index (χ4v) is 3.89. The summed E-state index contributed by atoms with van der Waals surface area (Å²) in [6.45, 7) is 3.74. The van der Waals surface area contributed by atoms with Gasteiger partial charge < -0.3 is 10.1 Å². The first-order valence-corrected chi connectivity index (χ1v) is 10.5. The van der Waals surface area contributed by atoms with Crippen LogP contribution in [-0.2, 0) is 14.8 Å². The molecule has 29 heavy (non-hydrogen) atoms. The normalized spacial score (nSPS) is 11.0. The smallest absolute Gasteiger partial charge is 0.262 e. The lowest BCUT2D eigenvalue weighted by molar-refractivity contribution is -0.118. The molecule has 0 aromatic heterocycles. The Labute approximate surface area is 170 Å². The molecule has 3 rings (SSSR count). The number of para-hydroxylation sites is 1. The van der Waals surface area contributed by atoms with Crippen LogP contribution in [0.2, 0.25) is 0 Å². The van der Waals surface area contributed by atoms with E-state index in [-0.39, 0.29) is 17.4 Å². The summed E-state index contributed by atoms with van der Waals surface area (Å²) in [5, 5.41) is 2.79. The van der Waals surface area contributed by atoms with Gasteiger partial charge in [0.1, 0.15) is 5.75 Å². The van der Waals surface area contributed by atoms with Crippen LogP contribution in [0, 0.1) is 13.8 Å². The second-order valence-corrected chi connectivity index (χ2v) is 8.34. The number of sulfonamides is 1. The van der Waals surface area contributed by atoms with Crippen molar-refractivity contribution < 1.29 is 17.9 Å². The quantitative estimate of drug-likeness (QED) is 0.614. The molecule has 0 atom stereocenters. The summed E-state index contributed by atoms with van der Waals surface area (Å²) in [4.78, 5) is 12.2. The first-order chi connectivity index (χ1) is 13.8. The molecular weight excluding hydrogens is 388 g/mol. The van der Waals surface area contributed by atoms with Crippen molar-refractivity contribution in [1.82, 2.24) is 0 Å². The third-order valence-electron chi connectivity index (χ3n) is 4.04. The predicted molar refractivity (Wildman–Crippen MR) is 114 cm³/mol. The third kappa shape index (κ3) is 5.83. The van der Waals surface area contributed by atoms with Crippen LogP contribution in [0.5, 0.6) is 5.75 Å². The van der Waals surface area contributed by atoms with Gasteiger partial charge in [-0.05, 0) is 73.5 Å². The van der Waals surface area contributed by atoms with Gasteiger partial charge in [0, 0.05) is 11.4 Å². The largest absolute Gasteiger partial charge is 0.484 e. The van der Waals surface area contributed by atoms with Crippen molar-refractivity contribution in [3.63, 3.8) is 0 Å². The highest BCUT2D eigenvalue weighted by Crippen LogP contribution is 2.19. The van der Waals surface area contributed by atoms with Crippen LogP contribution in [0.4, 0.5) is 11.4 Å². The highest BCUT2D eigenvalue weighted by molar-refractivity contribution is 7.92. The second-order valence-electron chi connectivity index (χ2n) is 6.66. The van der Waals surface area contributed by atoms with Gasteiger partial charge in [0.15, 0.2) is 6.61 Å². The molecule has 0 saturated carbocycles. The Morgan fingerprint density at radius 3 is 2.10 bits per heavy atom. The van der Waals surface area contributed by atoms with Crippen LogP contribution >= 0.6 is 0 Å². The number of rotatable bonds is 7. The van der Waals surface area contributed by atoms with Crippen LogP contribution < -0.4 is 14.8 Å². The van der Waals surface area contributed by atoms with Crippen molar-refractivity contribution in [2.75, 3.05) is 16.6 Å². The van der Waals surface area contributed by atoms with Crippen molar-refractivity contribution in [2.24, 2.45) is 0 Å². The summed E-state index contributed by atoms with van der Waals surface area (Å²) in [6.07, 6.45) is 0. The van der Waals surface area contributed by atoms with Gasteiger partial charge in [0.05, 0.1) is 4.90 Å². The summed E-state index contributed by atoms with van der Waals surface area (Å²) in [6, 6.07) is 20.3. The zero-order valence-corrected chi connectivity index (χ0v) is 17.0. The molecule has 7 heteroatoms. The summed E-state index contributed by atoms with van der Waals surface area (Å²) in [5.74, 6) is 0.108. The van der Waals surface area contributed by atoms with Crippen molar-refractivity contribution in [3.05, 3.63) is 83.9 Å².